The topological polar surface area (TPSA) is 68.2 Å². The van der Waals surface area contributed by atoms with Gasteiger partial charge in [0.1, 0.15) is 5.75 Å². The molecule has 2 N–H and O–H groups in total. The molecule has 6 heteroatoms. The highest BCUT2D eigenvalue weighted by Crippen LogP contribution is 2.32. The lowest BCUT2D eigenvalue weighted by Gasteiger charge is -2.26. The molecule has 4 rings (SSSR count). The molecule has 0 bridgehead atoms. The maximum Gasteiger partial charge on any atom is 0.220 e. The number of hydrogen-bond acceptors (Lipinski definition) is 4. The van der Waals surface area contributed by atoms with Crippen molar-refractivity contribution in [3.05, 3.63) is 46.8 Å². The van der Waals surface area contributed by atoms with Gasteiger partial charge >= 0.3 is 0 Å². The van der Waals surface area contributed by atoms with E-state index in [0.29, 0.717) is 12.8 Å². The zero-order valence-electron chi connectivity index (χ0n) is 16.0. The van der Waals surface area contributed by atoms with Gasteiger partial charge in [-0.3, -0.25) is 9.48 Å². The molecule has 1 unspecified atom stereocenters. The second kappa shape index (κ2) is 8.13. The van der Waals surface area contributed by atoms with E-state index >= 15 is 0 Å². The summed E-state index contributed by atoms with van der Waals surface area (Å²) >= 11 is 0. The van der Waals surface area contributed by atoms with Gasteiger partial charge in [-0.2, -0.15) is 5.10 Å². The zero-order valence-corrected chi connectivity index (χ0v) is 16.0. The standard InChI is InChI=1S/C21H28N4O2/c1-27-18-7-8-19-15(12-18)4-2-5-20(19)23-21(26)9-6-16-13-17-14-22-10-3-11-25(17)24-16/h7-8,12-13,20,22H,2-6,9-11,14H2,1H3,(H,23,26). The summed E-state index contributed by atoms with van der Waals surface area (Å²) < 4.78 is 7.41. The number of rotatable bonds is 5. The first-order valence-corrected chi connectivity index (χ1v) is 9.95. The molecule has 1 amide bonds. The Labute approximate surface area is 160 Å². The molecule has 0 spiro atoms. The number of benzene rings is 1. The Morgan fingerprint density at radius 1 is 1.37 bits per heavy atom. The highest BCUT2D eigenvalue weighted by Gasteiger charge is 2.22. The fraction of sp³-hybridized carbons (Fsp3) is 0.524. The van der Waals surface area contributed by atoms with Gasteiger partial charge in [-0.05, 0) is 61.6 Å². The molecule has 0 fully saturated rings. The molecule has 0 saturated carbocycles. The van der Waals surface area contributed by atoms with Gasteiger partial charge in [0, 0.05) is 25.9 Å². The maximum atomic E-state index is 12.5. The highest BCUT2D eigenvalue weighted by molar-refractivity contribution is 5.76. The summed E-state index contributed by atoms with van der Waals surface area (Å²) in [6.45, 7) is 2.86. The Hall–Kier alpha value is -2.34. The van der Waals surface area contributed by atoms with E-state index in [4.69, 9.17) is 4.74 Å². The number of carbonyl (C=O) groups excluding carboxylic acids is 1. The normalized spacial score (nSPS) is 18.9. The number of carbonyl (C=O) groups is 1. The highest BCUT2D eigenvalue weighted by atomic mass is 16.5. The number of nitrogens with zero attached hydrogens (tertiary/aromatic N) is 2. The molecule has 1 aromatic heterocycles. The Morgan fingerprint density at radius 2 is 2.30 bits per heavy atom. The van der Waals surface area contributed by atoms with Gasteiger partial charge in [0.25, 0.3) is 0 Å². The van der Waals surface area contributed by atoms with Crippen LogP contribution in [0.5, 0.6) is 5.75 Å². The van der Waals surface area contributed by atoms with Crippen LogP contribution in [0.4, 0.5) is 0 Å². The lowest BCUT2D eigenvalue weighted by atomic mass is 9.87. The minimum atomic E-state index is 0.102. The number of ether oxygens (including phenoxy) is 1. The van der Waals surface area contributed by atoms with Crippen LogP contribution in [0.25, 0.3) is 0 Å². The largest absolute Gasteiger partial charge is 0.497 e. The van der Waals surface area contributed by atoms with E-state index in [2.05, 4.69) is 38.6 Å². The summed E-state index contributed by atoms with van der Waals surface area (Å²) in [6, 6.07) is 8.41. The zero-order chi connectivity index (χ0) is 18.6. The molecule has 1 atom stereocenters. The van der Waals surface area contributed by atoms with Crippen LogP contribution < -0.4 is 15.4 Å². The van der Waals surface area contributed by atoms with Crippen molar-refractivity contribution >= 4 is 5.91 Å². The Kier molecular flexibility index (Phi) is 5.43. The monoisotopic (exact) mass is 368 g/mol. The quantitative estimate of drug-likeness (QED) is 0.851. The summed E-state index contributed by atoms with van der Waals surface area (Å²) in [6.07, 6.45) is 5.40. The van der Waals surface area contributed by atoms with Crippen molar-refractivity contribution in [3.63, 3.8) is 0 Å². The molecule has 2 heterocycles. The average Bonchev–Trinajstić information content (AvgIpc) is 2.95. The minimum Gasteiger partial charge on any atom is -0.497 e. The fourth-order valence-electron chi connectivity index (χ4n) is 4.12. The average molecular weight is 368 g/mol. The number of hydrogen-bond donors (Lipinski definition) is 2. The van der Waals surface area contributed by atoms with Gasteiger partial charge < -0.3 is 15.4 Å². The van der Waals surface area contributed by atoms with Crippen LogP contribution in [-0.2, 0) is 30.7 Å². The second-order valence-corrected chi connectivity index (χ2v) is 7.46. The summed E-state index contributed by atoms with van der Waals surface area (Å²) in [7, 11) is 1.69. The van der Waals surface area contributed by atoms with Gasteiger partial charge in [-0.1, -0.05) is 6.07 Å². The predicted molar refractivity (Wildman–Crippen MR) is 104 cm³/mol. The second-order valence-electron chi connectivity index (χ2n) is 7.46. The van der Waals surface area contributed by atoms with Crippen molar-refractivity contribution in [1.82, 2.24) is 20.4 Å². The van der Waals surface area contributed by atoms with Crippen LogP contribution >= 0.6 is 0 Å². The molecule has 1 aliphatic heterocycles. The number of aromatic nitrogens is 2. The Bertz CT molecular complexity index is 791. The fourth-order valence-corrected chi connectivity index (χ4v) is 4.12. The van der Waals surface area contributed by atoms with Gasteiger partial charge in [-0.25, -0.2) is 0 Å². The third-order valence-corrected chi connectivity index (χ3v) is 5.55. The number of aryl methyl sites for hydroxylation is 3. The molecule has 6 nitrogen and oxygen atoms in total. The molecule has 1 aromatic carbocycles. The molecule has 0 radical (unpaired) electrons. The summed E-state index contributed by atoms with van der Waals surface area (Å²) in [5.41, 5.74) is 4.75. The molecule has 0 saturated heterocycles. The number of methoxy groups -OCH3 is 1. The van der Waals surface area contributed by atoms with Crippen molar-refractivity contribution < 1.29 is 9.53 Å². The van der Waals surface area contributed by atoms with E-state index in [1.165, 1.54) is 16.8 Å². The van der Waals surface area contributed by atoms with E-state index in [1.807, 2.05) is 6.07 Å². The molecular formula is C21H28N4O2. The van der Waals surface area contributed by atoms with Crippen molar-refractivity contribution in [2.45, 2.75) is 57.7 Å². The van der Waals surface area contributed by atoms with Gasteiger partial charge in [0.2, 0.25) is 5.91 Å². The van der Waals surface area contributed by atoms with Crippen molar-refractivity contribution in [3.8, 4) is 5.75 Å². The number of nitrogens with one attached hydrogen (secondary N) is 2. The SMILES string of the molecule is COc1ccc2c(c1)CCCC2NC(=O)CCc1cc2n(n1)CCCNC2. The summed E-state index contributed by atoms with van der Waals surface area (Å²) in [4.78, 5) is 12.5. The van der Waals surface area contributed by atoms with Crippen molar-refractivity contribution in [1.29, 1.82) is 0 Å². The number of amides is 1. The van der Waals surface area contributed by atoms with E-state index < -0.39 is 0 Å². The van der Waals surface area contributed by atoms with Gasteiger partial charge in [-0.15, -0.1) is 0 Å². The Morgan fingerprint density at radius 3 is 3.19 bits per heavy atom. The van der Waals surface area contributed by atoms with Crippen LogP contribution in [0.3, 0.4) is 0 Å². The predicted octanol–water partition coefficient (Wildman–Crippen LogP) is 2.51. The first-order valence-electron chi connectivity index (χ1n) is 9.95. The van der Waals surface area contributed by atoms with Crippen LogP contribution in [0.15, 0.2) is 24.3 Å². The third-order valence-electron chi connectivity index (χ3n) is 5.55. The maximum absolute atomic E-state index is 12.5. The first kappa shape index (κ1) is 18.0. The van der Waals surface area contributed by atoms with E-state index in [-0.39, 0.29) is 11.9 Å². The molecular weight excluding hydrogens is 340 g/mol. The van der Waals surface area contributed by atoms with Crippen molar-refractivity contribution in [2.75, 3.05) is 13.7 Å². The van der Waals surface area contributed by atoms with Crippen LogP contribution in [0, 0.1) is 0 Å². The summed E-state index contributed by atoms with van der Waals surface area (Å²) in [5, 5.41) is 11.3. The van der Waals surface area contributed by atoms with Gasteiger partial charge in [0.05, 0.1) is 24.5 Å². The molecule has 144 valence electrons. The van der Waals surface area contributed by atoms with Crippen LogP contribution in [-0.4, -0.2) is 29.3 Å². The molecule has 2 aromatic rings. The lowest BCUT2D eigenvalue weighted by Crippen LogP contribution is -2.31. The lowest BCUT2D eigenvalue weighted by molar-refractivity contribution is -0.121. The third kappa shape index (κ3) is 4.16. The summed E-state index contributed by atoms with van der Waals surface area (Å²) in [5.74, 6) is 0.986. The van der Waals surface area contributed by atoms with E-state index in [1.54, 1.807) is 7.11 Å². The smallest absolute Gasteiger partial charge is 0.220 e. The van der Waals surface area contributed by atoms with Crippen LogP contribution in [0.2, 0.25) is 0 Å². The van der Waals surface area contributed by atoms with Crippen molar-refractivity contribution in [2.24, 2.45) is 0 Å². The minimum absolute atomic E-state index is 0.102. The molecule has 27 heavy (non-hydrogen) atoms. The number of fused-ring (bicyclic) bond motifs is 2. The Balaban J connectivity index is 1.35. The van der Waals surface area contributed by atoms with Gasteiger partial charge in [0.15, 0.2) is 0 Å². The van der Waals surface area contributed by atoms with E-state index in [0.717, 1.165) is 56.8 Å². The van der Waals surface area contributed by atoms with E-state index in [9.17, 15) is 4.79 Å². The van der Waals surface area contributed by atoms with Crippen LogP contribution in [0.1, 0.15) is 54.2 Å². The molecule has 2 aliphatic rings. The first-order chi connectivity index (χ1) is 13.2. The molecule has 1 aliphatic carbocycles.